The average molecular weight is 213 g/mol. The van der Waals surface area contributed by atoms with E-state index in [1.54, 1.807) is 0 Å². The zero-order chi connectivity index (χ0) is 11.3. The van der Waals surface area contributed by atoms with Gasteiger partial charge in [-0.15, -0.1) is 0 Å². The molecule has 0 saturated heterocycles. The fourth-order valence-corrected chi connectivity index (χ4v) is 2.24. The van der Waals surface area contributed by atoms with Crippen LogP contribution < -0.4 is 11.1 Å². The molecule has 1 atom stereocenters. The predicted octanol–water partition coefficient (Wildman–Crippen LogP) is 1.68. The third-order valence-electron chi connectivity index (χ3n) is 3.14. The van der Waals surface area contributed by atoms with E-state index in [0.29, 0.717) is 23.7 Å². The van der Waals surface area contributed by atoms with Crippen molar-refractivity contribution >= 4 is 5.84 Å². The Morgan fingerprint density at radius 1 is 1.60 bits per heavy atom. The van der Waals surface area contributed by atoms with Crippen molar-refractivity contribution in [3.63, 3.8) is 0 Å². The molecule has 4 heteroatoms. The molecule has 15 heavy (non-hydrogen) atoms. The average Bonchev–Trinajstić information content (AvgIpc) is 2.52. The second-order valence-electron chi connectivity index (χ2n) is 5.25. The summed E-state index contributed by atoms with van der Waals surface area (Å²) < 4.78 is 0. The number of nitrogens with two attached hydrogens (primary N) is 1. The molecule has 0 bridgehead atoms. The van der Waals surface area contributed by atoms with Gasteiger partial charge in [0, 0.05) is 12.5 Å². The van der Waals surface area contributed by atoms with Crippen molar-refractivity contribution in [2.24, 2.45) is 16.3 Å². The number of hydrogen-bond acceptors (Lipinski definition) is 3. The maximum absolute atomic E-state index is 8.36. The highest BCUT2D eigenvalue weighted by atomic mass is 16.4. The molecule has 0 aromatic rings. The topological polar surface area (TPSA) is 70.6 Å². The van der Waals surface area contributed by atoms with Crippen LogP contribution in [0.25, 0.3) is 0 Å². The van der Waals surface area contributed by atoms with Crippen molar-refractivity contribution < 1.29 is 5.21 Å². The first-order valence-corrected chi connectivity index (χ1v) is 5.73. The molecular weight excluding hydrogens is 190 g/mol. The number of amidine groups is 1. The highest BCUT2D eigenvalue weighted by Crippen LogP contribution is 2.36. The minimum absolute atomic E-state index is 0.323. The summed E-state index contributed by atoms with van der Waals surface area (Å²) in [5.41, 5.74) is 5.89. The number of oxime groups is 1. The van der Waals surface area contributed by atoms with Gasteiger partial charge in [0.2, 0.25) is 0 Å². The normalized spacial score (nSPS) is 25.7. The summed E-state index contributed by atoms with van der Waals surface area (Å²) >= 11 is 0. The molecular formula is C11H23N3O. The first-order chi connectivity index (χ1) is 7.03. The minimum Gasteiger partial charge on any atom is -0.409 e. The molecule has 0 aromatic heterocycles. The Kier molecular flexibility index (Phi) is 4.39. The van der Waals surface area contributed by atoms with Crippen LogP contribution in [0, 0.1) is 5.41 Å². The fourth-order valence-electron chi connectivity index (χ4n) is 2.24. The largest absolute Gasteiger partial charge is 0.409 e. The van der Waals surface area contributed by atoms with Gasteiger partial charge in [-0.05, 0) is 37.6 Å². The smallest absolute Gasteiger partial charge is 0.139 e. The van der Waals surface area contributed by atoms with E-state index in [0.717, 1.165) is 13.0 Å². The summed E-state index contributed by atoms with van der Waals surface area (Å²) in [5, 5.41) is 14.8. The van der Waals surface area contributed by atoms with Crippen molar-refractivity contribution in [2.75, 3.05) is 6.54 Å². The summed E-state index contributed by atoms with van der Waals surface area (Å²) in [5.74, 6) is 0.323. The van der Waals surface area contributed by atoms with Crippen LogP contribution in [-0.4, -0.2) is 23.6 Å². The van der Waals surface area contributed by atoms with Crippen LogP contribution in [-0.2, 0) is 0 Å². The second kappa shape index (κ2) is 5.35. The van der Waals surface area contributed by atoms with Crippen LogP contribution in [0.1, 0.15) is 46.0 Å². The molecule has 0 spiro atoms. The third-order valence-corrected chi connectivity index (χ3v) is 3.14. The lowest BCUT2D eigenvalue weighted by Gasteiger charge is -2.17. The van der Waals surface area contributed by atoms with E-state index in [-0.39, 0.29) is 0 Å². The Morgan fingerprint density at radius 3 is 2.87 bits per heavy atom. The number of hydrogen-bond donors (Lipinski definition) is 3. The molecule has 1 aliphatic carbocycles. The Morgan fingerprint density at radius 2 is 2.33 bits per heavy atom. The first kappa shape index (κ1) is 12.3. The molecule has 0 aliphatic heterocycles. The van der Waals surface area contributed by atoms with Crippen LogP contribution in [0.15, 0.2) is 5.16 Å². The molecule has 1 fully saturated rings. The lowest BCUT2D eigenvalue weighted by atomic mass is 9.92. The van der Waals surface area contributed by atoms with E-state index in [1.165, 1.54) is 19.3 Å². The van der Waals surface area contributed by atoms with E-state index in [9.17, 15) is 0 Å². The molecule has 0 radical (unpaired) electrons. The molecule has 0 aromatic carbocycles. The Bertz CT molecular complexity index is 226. The standard InChI is InChI=1S/C11H23N3O/c1-11(2)6-5-9(8-11)13-7-3-4-10(12)14-15/h9,13,15H,3-8H2,1-2H3,(H2,12,14). The minimum atomic E-state index is 0.323. The zero-order valence-corrected chi connectivity index (χ0v) is 9.79. The van der Waals surface area contributed by atoms with Gasteiger partial charge in [0.15, 0.2) is 0 Å². The SMILES string of the molecule is CC1(C)CCC(NCCCC(N)=NO)C1. The molecule has 4 nitrogen and oxygen atoms in total. The highest BCUT2D eigenvalue weighted by molar-refractivity contribution is 5.79. The van der Waals surface area contributed by atoms with E-state index < -0.39 is 0 Å². The second-order valence-corrected chi connectivity index (χ2v) is 5.25. The van der Waals surface area contributed by atoms with Crippen molar-refractivity contribution in [3.05, 3.63) is 0 Å². The Labute approximate surface area is 91.9 Å². The zero-order valence-electron chi connectivity index (χ0n) is 9.79. The Hall–Kier alpha value is -0.770. The van der Waals surface area contributed by atoms with E-state index in [2.05, 4.69) is 24.3 Å². The number of nitrogens with zero attached hydrogens (tertiary/aromatic N) is 1. The monoisotopic (exact) mass is 213 g/mol. The summed E-state index contributed by atoms with van der Waals surface area (Å²) in [6.45, 7) is 5.60. The molecule has 1 unspecified atom stereocenters. The first-order valence-electron chi connectivity index (χ1n) is 5.73. The van der Waals surface area contributed by atoms with Crippen molar-refractivity contribution in [2.45, 2.75) is 52.0 Å². The van der Waals surface area contributed by atoms with Crippen LogP contribution in [0.3, 0.4) is 0 Å². The van der Waals surface area contributed by atoms with Gasteiger partial charge in [0.1, 0.15) is 5.84 Å². The molecule has 0 heterocycles. The highest BCUT2D eigenvalue weighted by Gasteiger charge is 2.30. The number of nitrogens with one attached hydrogen (secondary N) is 1. The molecule has 1 aliphatic rings. The van der Waals surface area contributed by atoms with Gasteiger partial charge in [-0.3, -0.25) is 0 Å². The quantitative estimate of drug-likeness (QED) is 0.214. The summed E-state index contributed by atoms with van der Waals surface area (Å²) in [4.78, 5) is 0. The van der Waals surface area contributed by atoms with Crippen molar-refractivity contribution in [1.82, 2.24) is 5.32 Å². The molecule has 0 amide bonds. The fraction of sp³-hybridized carbons (Fsp3) is 0.909. The number of rotatable bonds is 5. The van der Waals surface area contributed by atoms with Crippen molar-refractivity contribution in [1.29, 1.82) is 0 Å². The predicted molar refractivity (Wildman–Crippen MR) is 62.1 cm³/mol. The molecule has 88 valence electrons. The Balaban J connectivity index is 2.07. The van der Waals surface area contributed by atoms with Gasteiger partial charge < -0.3 is 16.3 Å². The van der Waals surface area contributed by atoms with Gasteiger partial charge in [-0.25, -0.2) is 0 Å². The lowest BCUT2D eigenvalue weighted by Crippen LogP contribution is -2.29. The van der Waals surface area contributed by atoms with E-state index in [4.69, 9.17) is 10.9 Å². The van der Waals surface area contributed by atoms with Crippen LogP contribution in [0.2, 0.25) is 0 Å². The van der Waals surface area contributed by atoms with Crippen LogP contribution in [0.5, 0.6) is 0 Å². The van der Waals surface area contributed by atoms with Gasteiger partial charge in [0.25, 0.3) is 0 Å². The van der Waals surface area contributed by atoms with E-state index in [1.807, 2.05) is 0 Å². The van der Waals surface area contributed by atoms with Crippen molar-refractivity contribution in [3.8, 4) is 0 Å². The molecule has 1 rings (SSSR count). The maximum atomic E-state index is 8.36. The van der Waals surface area contributed by atoms with E-state index >= 15 is 0 Å². The summed E-state index contributed by atoms with van der Waals surface area (Å²) in [7, 11) is 0. The summed E-state index contributed by atoms with van der Waals surface area (Å²) in [6.07, 6.45) is 5.45. The van der Waals surface area contributed by atoms with Crippen LogP contribution in [0.4, 0.5) is 0 Å². The van der Waals surface area contributed by atoms with Gasteiger partial charge in [0.05, 0.1) is 0 Å². The maximum Gasteiger partial charge on any atom is 0.139 e. The molecule has 4 N–H and O–H groups in total. The van der Waals surface area contributed by atoms with Gasteiger partial charge in [-0.2, -0.15) is 0 Å². The van der Waals surface area contributed by atoms with Gasteiger partial charge >= 0.3 is 0 Å². The molecule has 1 saturated carbocycles. The summed E-state index contributed by atoms with van der Waals surface area (Å²) in [6, 6.07) is 0.660. The third kappa shape index (κ3) is 4.51. The van der Waals surface area contributed by atoms with Crippen LogP contribution >= 0.6 is 0 Å². The van der Waals surface area contributed by atoms with Gasteiger partial charge in [-0.1, -0.05) is 19.0 Å². The lowest BCUT2D eigenvalue weighted by molar-refractivity contribution is 0.316.